The average Bonchev–Trinajstić information content (AvgIpc) is 2.79. The lowest BCUT2D eigenvalue weighted by atomic mass is 10.0. The van der Waals surface area contributed by atoms with Gasteiger partial charge in [-0.2, -0.15) is 5.10 Å². The molecule has 0 spiro atoms. The minimum Gasteiger partial charge on any atom is -0.317 e. The number of likely N-dealkylation sites (N-methyl/N-ethyl adjacent to an activating group) is 1. The first-order valence-electron chi connectivity index (χ1n) is 7.42. The van der Waals surface area contributed by atoms with Gasteiger partial charge in [-0.25, -0.2) is 0 Å². The molecule has 0 fully saturated rings. The van der Waals surface area contributed by atoms with Gasteiger partial charge in [-0.15, -0.1) is 0 Å². The van der Waals surface area contributed by atoms with E-state index in [1.54, 1.807) is 0 Å². The molecular formula is C16H23BrN4. The Morgan fingerprint density at radius 2 is 2.24 bits per heavy atom. The van der Waals surface area contributed by atoms with Crippen molar-refractivity contribution in [2.75, 3.05) is 7.05 Å². The molecule has 0 amide bonds. The topological polar surface area (TPSA) is 42.7 Å². The van der Waals surface area contributed by atoms with Gasteiger partial charge in [-0.3, -0.25) is 9.67 Å². The highest BCUT2D eigenvalue weighted by Crippen LogP contribution is 2.23. The molecule has 0 aliphatic heterocycles. The zero-order chi connectivity index (χ0) is 15.2. The molecule has 2 rings (SSSR count). The van der Waals surface area contributed by atoms with Crippen LogP contribution in [0.1, 0.15) is 30.3 Å². The SMILES string of the molecule is CCc1nn(C)c(CC(CCc2cccnc2)NC)c1Br. The van der Waals surface area contributed by atoms with Crippen molar-refractivity contribution in [2.24, 2.45) is 7.05 Å². The summed E-state index contributed by atoms with van der Waals surface area (Å²) >= 11 is 3.69. The lowest BCUT2D eigenvalue weighted by Gasteiger charge is -2.16. The van der Waals surface area contributed by atoms with Crippen molar-refractivity contribution in [1.29, 1.82) is 0 Å². The first-order chi connectivity index (χ1) is 10.2. The molecule has 2 aromatic heterocycles. The number of nitrogens with zero attached hydrogens (tertiary/aromatic N) is 3. The number of halogens is 1. The molecule has 0 saturated heterocycles. The quantitative estimate of drug-likeness (QED) is 0.834. The van der Waals surface area contributed by atoms with Crippen molar-refractivity contribution in [2.45, 2.75) is 38.6 Å². The lowest BCUT2D eigenvalue weighted by Crippen LogP contribution is -2.29. The zero-order valence-corrected chi connectivity index (χ0v) is 14.5. The van der Waals surface area contributed by atoms with E-state index in [-0.39, 0.29) is 0 Å². The fourth-order valence-corrected chi connectivity index (χ4v) is 3.29. The van der Waals surface area contributed by atoms with Gasteiger partial charge in [0.25, 0.3) is 0 Å². The molecule has 114 valence electrons. The van der Waals surface area contributed by atoms with Crippen molar-refractivity contribution in [1.82, 2.24) is 20.1 Å². The van der Waals surface area contributed by atoms with Gasteiger partial charge in [-0.05, 0) is 53.9 Å². The van der Waals surface area contributed by atoms with Crippen LogP contribution in [0.5, 0.6) is 0 Å². The minimum absolute atomic E-state index is 0.432. The van der Waals surface area contributed by atoms with Gasteiger partial charge in [0.2, 0.25) is 0 Å². The second-order valence-electron chi connectivity index (χ2n) is 5.27. The molecule has 0 aromatic carbocycles. The molecule has 5 heteroatoms. The molecule has 1 unspecified atom stereocenters. The van der Waals surface area contributed by atoms with Crippen molar-refractivity contribution >= 4 is 15.9 Å². The van der Waals surface area contributed by atoms with Crippen molar-refractivity contribution in [3.05, 3.63) is 46.0 Å². The highest BCUT2D eigenvalue weighted by molar-refractivity contribution is 9.10. The second-order valence-corrected chi connectivity index (χ2v) is 6.07. The molecule has 2 heterocycles. The Hall–Kier alpha value is -1.20. The molecule has 4 nitrogen and oxygen atoms in total. The smallest absolute Gasteiger partial charge is 0.0766 e. The van der Waals surface area contributed by atoms with E-state index in [0.29, 0.717) is 6.04 Å². The summed E-state index contributed by atoms with van der Waals surface area (Å²) < 4.78 is 3.16. The van der Waals surface area contributed by atoms with Crippen molar-refractivity contribution < 1.29 is 0 Å². The molecule has 0 aliphatic carbocycles. The Morgan fingerprint density at radius 1 is 1.43 bits per heavy atom. The standard InChI is InChI=1S/C16H23BrN4/c1-4-14-16(17)15(21(3)20-14)10-13(18-2)8-7-12-6-5-9-19-11-12/h5-6,9,11,13,18H,4,7-8,10H2,1-3H3. The van der Waals surface area contributed by atoms with Gasteiger partial charge >= 0.3 is 0 Å². The van der Waals surface area contributed by atoms with Gasteiger partial charge in [0, 0.05) is 31.9 Å². The Labute approximate surface area is 135 Å². The van der Waals surface area contributed by atoms with Gasteiger partial charge in [0.1, 0.15) is 0 Å². The number of rotatable bonds is 7. The van der Waals surface area contributed by atoms with E-state index in [1.165, 1.54) is 11.3 Å². The Morgan fingerprint density at radius 3 is 2.81 bits per heavy atom. The molecule has 0 saturated carbocycles. The zero-order valence-electron chi connectivity index (χ0n) is 12.9. The number of aryl methyl sites for hydroxylation is 3. The third-order valence-electron chi connectivity index (χ3n) is 3.86. The summed E-state index contributed by atoms with van der Waals surface area (Å²) in [6.45, 7) is 2.13. The van der Waals surface area contributed by atoms with E-state index in [2.05, 4.69) is 44.3 Å². The van der Waals surface area contributed by atoms with Crippen LogP contribution in [0.15, 0.2) is 29.0 Å². The average molecular weight is 351 g/mol. The summed E-state index contributed by atoms with van der Waals surface area (Å²) in [6, 6.07) is 4.56. The van der Waals surface area contributed by atoms with E-state index in [0.717, 1.165) is 35.8 Å². The molecular weight excluding hydrogens is 328 g/mol. The van der Waals surface area contributed by atoms with Gasteiger partial charge in [0.05, 0.1) is 15.9 Å². The predicted octanol–water partition coefficient (Wildman–Crippen LogP) is 2.90. The van der Waals surface area contributed by atoms with Crippen molar-refractivity contribution in [3.63, 3.8) is 0 Å². The van der Waals surface area contributed by atoms with E-state index >= 15 is 0 Å². The maximum atomic E-state index is 4.57. The number of hydrogen-bond donors (Lipinski definition) is 1. The first kappa shape index (κ1) is 16.2. The fraction of sp³-hybridized carbons (Fsp3) is 0.500. The minimum atomic E-state index is 0.432. The first-order valence-corrected chi connectivity index (χ1v) is 8.21. The largest absolute Gasteiger partial charge is 0.317 e. The third kappa shape index (κ3) is 4.14. The summed E-state index contributed by atoms with van der Waals surface area (Å²) in [6.07, 6.45) is 7.81. The van der Waals surface area contributed by atoms with Crippen LogP contribution in [0.3, 0.4) is 0 Å². The number of pyridine rings is 1. The molecule has 2 aromatic rings. The summed E-state index contributed by atoms with van der Waals surface area (Å²) in [5.41, 5.74) is 3.68. The normalized spacial score (nSPS) is 12.6. The third-order valence-corrected chi connectivity index (χ3v) is 4.77. The highest BCUT2D eigenvalue weighted by atomic mass is 79.9. The van der Waals surface area contributed by atoms with Gasteiger partial charge in [0.15, 0.2) is 0 Å². The van der Waals surface area contributed by atoms with Gasteiger partial charge < -0.3 is 5.32 Å². The maximum absolute atomic E-state index is 4.57. The predicted molar refractivity (Wildman–Crippen MR) is 89.4 cm³/mol. The van der Waals surface area contributed by atoms with Crippen LogP contribution in [0.4, 0.5) is 0 Å². The van der Waals surface area contributed by atoms with Crippen LogP contribution in [0, 0.1) is 0 Å². The summed E-state index contributed by atoms with van der Waals surface area (Å²) in [5.74, 6) is 0. The van der Waals surface area contributed by atoms with Crippen LogP contribution < -0.4 is 5.32 Å². The van der Waals surface area contributed by atoms with Crippen LogP contribution in [-0.4, -0.2) is 27.9 Å². The second kappa shape index (κ2) is 7.71. The van der Waals surface area contributed by atoms with E-state index in [1.807, 2.05) is 37.2 Å². The van der Waals surface area contributed by atoms with Crippen LogP contribution in [0.25, 0.3) is 0 Å². The molecule has 21 heavy (non-hydrogen) atoms. The molecule has 0 bridgehead atoms. The maximum Gasteiger partial charge on any atom is 0.0766 e. The number of hydrogen-bond acceptors (Lipinski definition) is 3. The van der Waals surface area contributed by atoms with Gasteiger partial charge in [-0.1, -0.05) is 13.0 Å². The highest BCUT2D eigenvalue weighted by Gasteiger charge is 2.16. The lowest BCUT2D eigenvalue weighted by molar-refractivity contribution is 0.502. The van der Waals surface area contributed by atoms with Crippen molar-refractivity contribution in [3.8, 4) is 0 Å². The Kier molecular flexibility index (Phi) is 5.94. The number of aromatic nitrogens is 3. The van der Waals surface area contributed by atoms with E-state index < -0.39 is 0 Å². The van der Waals surface area contributed by atoms with Crippen LogP contribution in [0.2, 0.25) is 0 Å². The monoisotopic (exact) mass is 350 g/mol. The molecule has 1 atom stereocenters. The fourth-order valence-electron chi connectivity index (χ4n) is 2.51. The van der Waals surface area contributed by atoms with Crippen LogP contribution in [-0.2, 0) is 26.3 Å². The summed E-state index contributed by atoms with van der Waals surface area (Å²) in [5, 5.41) is 7.99. The number of nitrogens with one attached hydrogen (secondary N) is 1. The summed E-state index contributed by atoms with van der Waals surface area (Å²) in [4.78, 5) is 4.17. The molecule has 0 aliphatic rings. The summed E-state index contributed by atoms with van der Waals surface area (Å²) in [7, 11) is 4.05. The molecule has 0 radical (unpaired) electrons. The van der Waals surface area contributed by atoms with E-state index in [9.17, 15) is 0 Å². The molecule has 1 N–H and O–H groups in total. The Balaban J connectivity index is 2.01. The van der Waals surface area contributed by atoms with E-state index in [4.69, 9.17) is 0 Å². The Bertz CT molecular complexity index is 565. The van der Waals surface area contributed by atoms with Crippen LogP contribution >= 0.6 is 15.9 Å².